The molecule has 0 bridgehead atoms. The van der Waals surface area contributed by atoms with Crippen LogP contribution >= 0.6 is 0 Å². The Morgan fingerprint density at radius 2 is 2.09 bits per heavy atom. The molecule has 1 aromatic heterocycles. The zero-order chi connectivity index (χ0) is 22.7. The Kier molecular flexibility index (Phi) is 5.97. The van der Waals surface area contributed by atoms with Crippen LogP contribution in [0.5, 0.6) is 0 Å². The highest BCUT2D eigenvalue weighted by Gasteiger charge is 2.35. The monoisotopic (exact) mass is 438 g/mol. The number of amides is 3. The number of rotatable bonds is 6. The molecule has 3 heterocycles. The molecule has 1 atom stereocenters. The van der Waals surface area contributed by atoms with Crippen molar-refractivity contribution in [1.82, 2.24) is 30.6 Å². The van der Waals surface area contributed by atoms with Crippen LogP contribution < -0.4 is 10.6 Å². The van der Waals surface area contributed by atoms with Crippen LogP contribution in [-0.2, 0) is 25.7 Å². The molecule has 0 saturated carbocycles. The number of carbonyl (C=O) groups is 4. The Morgan fingerprint density at radius 1 is 1.31 bits per heavy atom. The standard InChI is InChI=1S/C21H22N6O5/c1-26(14-7-8-16(29)23-20(14)30)21(31)18-15(12-28)27(10-9-22-18)11-17-24-19(25-32-17)13-5-3-2-4-6-13/h2-6,12,14,22H,7-11H2,1H3,(H,23,29,30). The first-order chi connectivity index (χ1) is 15.5. The number of allylic oxidation sites excluding steroid dienone is 1. The van der Waals surface area contributed by atoms with Crippen molar-refractivity contribution >= 4 is 24.0 Å². The number of benzene rings is 1. The van der Waals surface area contributed by atoms with Crippen LogP contribution in [0.3, 0.4) is 0 Å². The van der Waals surface area contributed by atoms with Gasteiger partial charge in [-0.05, 0) is 6.42 Å². The minimum absolute atomic E-state index is 0.0845. The van der Waals surface area contributed by atoms with Crippen LogP contribution in [0.2, 0.25) is 0 Å². The number of hydrogen-bond acceptors (Lipinski definition) is 9. The molecule has 0 aliphatic carbocycles. The fourth-order valence-electron chi connectivity index (χ4n) is 3.72. The van der Waals surface area contributed by atoms with Gasteiger partial charge in [-0.3, -0.25) is 24.5 Å². The lowest BCUT2D eigenvalue weighted by Crippen LogP contribution is -2.55. The molecule has 11 nitrogen and oxygen atoms in total. The number of aromatic nitrogens is 2. The van der Waals surface area contributed by atoms with E-state index >= 15 is 0 Å². The van der Waals surface area contributed by atoms with Crippen LogP contribution in [0.1, 0.15) is 18.7 Å². The van der Waals surface area contributed by atoms with Gasteiger partial charge >= 0.3 is 0 Å². The highest BCUT2D eigenvalue weighted by atomic mass is 16.5. The van der Waals surface area contributed by atoms with Crippen LogP contribution in [0.4, 0.5) is 0 Å². The smallest absolute Gasteiger partial charge is 0.272 e. The third kappa shape index (κ3) is 4.22. The van der Waals surface area contributed by atoms with E-state index in [1.54, 1.807) is 4.90 Å². The number of nitrogens with zero attached hydrogens (tertiary/aromatic N) is 4. The van der Waals surface area contributed by atoms with E-state index in [0.717, 1.165) is 5.56 Å². The van der Waals surface area contributed by atoms with Gasteiger partial charge in [-0.25, -0.2) is 0 Å². The molecule has 1 aromatic carbocycles. The van der Waals surface area contributed by atoms with Crippen molar-refractivity contribution in [3.05, 3.63) is 47.6 Å². The average molecular weight is 438 g/mol. The van der Waals surface area contributed by atoms with E-state index in [1.807, 2.05) is 30.3 Å². The van der Waals surface area contributed by atoms with Crippen molar-refractivity contribution in [2.75, 3.05) is 20.1 Å². The summed E-state index contributed by atoms with van der Waals surface area (Å²) in [5, 5.41) is 9.18. The normalized spacial score (nSPS) is 18.8. The van der Waals surface area contributed by atoms with Crippen LogP contribution in [-0.4, -0.2) is 70.1 Å². The van der Waals surface area contributed by atoms with Crippen molar-refractivity contribution < 1.29 is 23.7 Å². The summed E-state index contributed by atoms with van der Waals surface area (Å²) in [4.78, 5) is 55.8. The quantitative estimate of drug-likeness (QED) is 0.464. The van der Waals surface area contributed by atoms with Gasteiger partial charge in [0.25, 0.3) is 5.91 Å². The number of nitrogens with one attached hydrogen (secondary N) is 2. The molecule has 11 heteroatoms. The van der Waals surface area contributed by atoms with E-state index < -0.39 is 17.9 Å². The molecular weight excluding hydrogens is 416 g/mol. The fourth-order valence-corrected chi connectivity index (χ4v) is 3.72. The lowest BCUT2D eigenvalue weighted by atomic mass is 10.0. The Hall–Kier alpha value is -4.02. The summed E-state index contributed by atoms with van der Waals surface area (Å²) in [6.07, 6.45) is 0.963. The average Bonchev–Trinajstić information content (AvgIpc) is 3.27. The maximum Gasteiger partial charge on any atom is 0.272 e. The maximum atomic E-state index is 13.1. The molecular formula is C21H22N6O5. The van der Waals surface area contributed by atoms with Gasteiger partial charge in [0, 0.05) is 32.1 Å². The third-order valence-electron chi connectivity index (χ3n) is 5.43. The van der Waals surface area contributed by atoms with E-state index in [2.05, 4.69) is 20.8 Å². The summed E-state index contributed by atoms with van der Waals surface area (Å²) in [6.45, 7) is 0.992. The number of likely N-dealkylation sites (N-methyl/N-ethyl adjacent to an activating group) is 1. The zero-order valence-corrected chi connectivity index (χ0v) is 17.4. The fraction of sp³-hybridized carbons (Fsp3) is 0.333. The molecule has 4 rings (SSSR count). The van der Waals surface area contributed by atoms with Gasteiger partial charge in [0.2, 0.25) is 23.5 Å². The van der Waals surface area contributed by atoms with Crippen molar-refractivity contribution in [3.8, 4) is 11.4 Å². The SMILES string of the molecule is CN(C(=O)C1=C(C=O)N(Cc2nc(-c3ccccc3)no2)CCN1)C1CCC(=O)NC1=O. The topological polar surface area (TPSA) is 138 Å². The van der Waals surface area contributed by atoms with E-state index in [9.17, 15) is 19.2 Å². The molecule has 1 unspecified atom stereocenters. The first kappa shape index (κ1) is 21.2. The van der Waals surface area contributed by atoms with Gasteiger partial charge in [0.05, 0.1) is 6.54 Å². The highest BCUT2D eigenvalue weighted by Crippen LogP contribution is 2.20. The summed E-state index contributed by atoms with van der Waals surface area (Å²) >= 11 is 0. The molecule has 2 aliphatic heterocycles. The maximum absolute atomic E-state index is 13.1. The number of carbonyl (C=O) groups excluding carboxylic acids is 4. The Balaban J connectivity index is 1.53. The lowest BCUT2D eigenvalue weighted by molar-refractivity contribution is -0.143. The minimum atomic E-state index is -0.790. The van der Waals surface area contributed by atoms with E-state index in [0.29, 0.717) is 31.1 Å². The molecule has 2 aliphatic rings. The Bertz CT molecular complexity index is 1080. The lowest BCUT2D eigenvalue weighted by Gasteiger charge is -2.34. The molecule has 2 N–H and O–H groups in total. The Morgan fingerprint density at radius 3 is 2.81 bits per heavy atom. The van der Waals surface area contributed by atoms with Gasteiger partial charge in [0.15, 0.2) is 6.29 Å². The number of hydrogen-bond donors (Lipinski definition) is 2. The van der Waals surface area contributed by atoms with Crippen LogP contribution in [0.15, 0.2) is 46.2 Å². The zero-order valence-electron chi connectivity index (χ0n) is 17.4. The number of imide groups is 1. The van der Waals surface area contributed by atoms with Crippen LogP contribution in [0.25, 0.3) is 11.4 Å². The molecule has 166 valence electrons. The number of aldehydes is 1. The summed E-state index contributed by atoms with van der Waals surface area (Å²) in [5.41, 5.74) is 1.02. The molecule has 0 spiro atoms. The van der Waals surface area contributed by atoms with E-state index in [-0.39, 0.29) is 36.7 Å². The summed E-state index contributed by atoms with van der Waals surface area (Å²) in [6, 6.07) is 8.55. The molecule has 1 saturated heterocycles. The predicted octanol–water partition coefficient (Wildman–Crippen LogP) is -0.184. The van der Waals surface area contributed by atoms with Gasteiger partial charge in [0.1, 0.15) is 17.4 Å². The number of piperidine rings is 1. The highest BCUT2D eigenvalue weighted by molar-refractivity contribution is 6.04. The summed E-state index contributed by atoms with van der Waals surface area (Å²) in [7, 11) is 1.47. The van der Waals surface area contributed by atoms with Gasteiger partial charge in [-0.1, -0.05) is 35.5 Å². The van der Waals surface area contributed by atoms with E-state index in [1.165, 1.54) is 11.9 Å². The molecule has 0 radical (unpaired) electrons. The van der Waals surface area contributed by atoms with Crippen molar-refractivity contribution in [1.29, 1.82) is 0 Å². The summed E-state index contributed by atoms with van der Waals surface area (Å²) < 4.78 is 5.34. The second kappa shape index (κ2) is 9.00. The molecule has 3 amide bonds. The van der Waals surface area contributed by atoms with Crippen molar-refractivity contribution in [3.63, 3.8) is 0 Å². The first-order valence-electron chi connectivity index (χ1n) is 10.1. The second-order valence-corrected chi connectivity index (χ2v) is 7.49. The van der Waals surface area contributed by atoms with Gasteiger partial charge < -0.3 is 19.6 Å². The first-order valence-corrected chi connectivity index (χ1v) is 10.1. The molecule has 2 aromatic rings. The third-order valence-corrected chi connectivity index (χ3v) is 5.43. The van der Waals surface area contributed by atoms with Gasteiger partial charge in [-0.2, -0.15) is 4.98 Å². The van der Waals surface area contributed by atoms with Crippen LogP contribution in [0, 0.1) is 0 Å². The van der Waals surface area contributed by atoms with Crippen molar-refractivity contribution in [2.24, 2.45) is 0 Å². The van der Waals surface area contributed by atoms with E-state index in [4.69, 9.17) is 4.52 Å². The summed E-state index contributed by atoms with van der Waals surface area (Å²) in [5.74, 6) is -0.674. The van der Waals surface area contributed by atoms with Crippen molar-refractivity contribution in [2.45, 2.75) is 25.4 Å². The largest absolute Gasteiger partial charge is 0.377 e. The minimum Gasteiger partial charge on any atom is -0.377 e. The van der Waals surface area contributed by atoms with Gasteiger partial charge in [-0.15, -0.1) is 0 Å². The predicted molar refractivity (Wildman–Crippen MR) is 110 cm³/mol. The molecule has 1 fully saturated rings. The molecule has 32 heavy (non-hydrogen) atoms. The second-order valence-electron chi connectivity index (χ2n) is 7.49. The Labute approximate surface area is 183 Å².